The second-order valence-electron chi connectivity index (χ2n) is 3.17. The van der Waals surface area contributed by atoms with Gasteiger partial charge in [0.25, 0.3) is 5.91 Å². The average Bonchev–Trinajstić information content (AvgIpc) is 2.85. The molecule has 2 aromatic rings. The molecule has 5 heteroatoms. The standard InChI is InChI=1S/C10H11N3OS/c1-13-4-2-3-8(13)5-11-10(14)9-6-15-7-12-9/h2-4,6-7H,5H2,1H3,(H,11,14). The summed E-state index contributed by atoms with van der Waals surface area (Å²) in [4.78, 5) is 15.5. The van der Waals surface area contributed by atoms with Crippen LogP contribution < -0.4 is 5.32 Å². The Labute approximate surface area is 91.6 Å². The lowest BCUT2D eigenvalue weighted by molar-refractivity contribution is 0.0946. The number of thiazole rings is 1. The van der Waals surface area contributed by atoms with Crippen LogP contribution in [0.1, 0.15) is 16.2 Å². The smallest absolute Gasteiger partial charge is 0.271 e. The molecule has 0 aromatic carbocycles. The van der Waals surface area contributed by atoms with Gasteiger partial charge in [-0.3, -0.25) is 4.79 Å². The molecule has 1 amide bonds. The number of aryl methyl sites for hydroxylation is 1. The van der Waals surface area contributed by atoms with Gasteiger partial charge < -0.3 is 9.88 Å². The van der Waals surface area contributed by atoms with E-state index < -0.39 is 0 Å². The van der Waals surface area contributed by atoms with Gasteiger partial charge in [-0.25, -0.2) is 4.98 Å². The third-order valence-corrected chi connectivity index (χ3v) is 2.73. The Hall–Kier alpha value is -1.62. The van der Waals surface area contributed by atoms with Gasteiger partial charge in [-0.2, -0.15) is 0 Å². The van der Waals surface area contributed by atoms with Gasteiger partial charge in [0.05, 0.1) is 12.1 Å². The summed E-state index contributed by atoms with van der Waals surface area (Å²) in [6.07, 6.45) is 1.95. The Kier molecular flexibility index (Phi) is 2.82. The Bertz CT molecular complexity index is 447. The van der Waals surface area contributed by atoms with E-state index in [0.29, 0.717) is 12.2 Å². The van der Waals surface area contributed by atoms with Gasteiger partial charge in [0, 0.05) is 24.3 Å². The van der Waals surface area contributed by atoms with E-state index in [2.05, 4.69) is 10.3 Å². The van der Waals surface area contributed by atoms with Crippen molar-refractivity contribution in [3.05, 3.63) is 40.6 Å². The van der Waals surface area contributed by atoms with Crippen LogP contribution in [-0.2, 0) is 13.6 Å². The van der Waals surface area contributed by atoms with E-state index in [9.17, 15) is 4.79 Å². The maximum absolute atomic E-state index is 11.5. The number of amides is 1. The normalized spacial score (nSPS) is 10.2. The molecule has 1 N–H and O–H groups in total. The molecule has 0 fully saturated rings. The molecule has 2 aromatic heterocycles. The molecule has 15 heavy (non-hydrogen) atoms. The zero-order valence-corrected chi connectivity index (χ0v) is 9.12. The maximum Gasteiger partial charge on any atom is 0.271 e. The Balaban J connectivity index is 1.95. The zero-order chi connectivity index (χ0) is 10.7. The summed E-state index contributed by atoms with van der Waals surface area (Å²) in [6, 6.07) is 3.92. The molecule has 0 atom stereocenters. The van der Waals surface area contributed by atoms with Crippen molar-refractivity contribution in [1.82, 2.24) is 14.9 Å². The highest BCUT2D eigenvalue weighted by molar-refractivity contribution is 7.07. The molecule has 0 saturated heterocycles. The molecule has 0 aliphatic carbocycles. The molecule has 0 aliphatic rings. The first-order valence-corrected chi connectivity index (χ1v) is 5.48. The van der Waals surface area contributed by atoms with E-state index >= 15 is 0 Å². The van der Waals surface area contributed by atoms with Crippen molar-refractivity contribution in [1.29, 1.82) is 0 Å². The number of nitrogens with one attached hydrogen (secondary N) is 1. The summed E-state index contributed by atoms with van der Waals surface area (Å²) in [5, 5.41) is 4.55. The molecule has 0 aliphatic heterocycles. The quantitative estimate of drug-likeness (QED) is 0.852. The highest BCUT2D eigenvalue weighted by Crippen LogP contribution is 2.02. The maximum atomic E-state index is 11.5. The lowest BCUT2D eigenvalue weighted by Gasteiger charge is -2.04. The van der Waals surface area contributed by atoms with Gasteiger partial charge >= 0.3 is 0 Å². The van der Waals surface area contributed by atoms with E-state index in [4.69, 9.17) is 0 Å². The van der Waals surface area contributed by atoms with Crippen LogP contribution in [0.5, 0.6) is 0 Å². The molecule has 0 unspecified atom stereocenters. The highest BCUT2D eigenvalue weighted by Gasteiger charge is 2.07. The topological polar surface area (TPSA) is 46.9 Å². The first kappa shape index (κ1) is 9.92. The SMILES string of the molecule is Cn1cccc1CNC(=O)c1cscn1. The largest absolute Gasteiger partial charge is 0.353 e. The van der Waals surface area contributed by atoms with Crippen molar-refractivity contribution in [2.45, 2.75) is 6.54 Å². The third-order valence-electron chi connectivity index (χ3n) is 2.15. The van der Waals surface area contributed by atoms with Crippen LogP contribution >= 0.6 is 11.3 Å². The van der Waals surface area contributed by atoms with Crippen molar-refractivity contribution >= 4 is 17.2 Å². The number of aromatic nitrogens is 2. The predicted molar refractivity (Wildman–Crippen MR) is 58.7 cm³/mol. The minimum atomic E-state index is -0.127. The summed E-state index contributed by atoms with van der Waals surface area (Å²) in [6.45, 7) is 0.528. The van der Waals surface area contributed by atoms with Gasteiger partial charge in [0.2, 0.25) is 0 Å². The third kappa shape index (κ3) is 2.24. The van der Waals surface area contributed by atoms with Gasteiger partial charge in [-0.15, -0.1) is 11.3 Å². The van der Waals surface area contributed by atoms with Crippen molar-refractivity contribution < 1.29 is 4.79 Å². The number of hydrogen-bond donors (Lipinski definition) is 1. The Morgan fingerprint density at radius 2 is 2.53 bits per heavy atom. The molecular weight excluding hydrogens is 210 g/mol. The monoisotopic (exact) mass is 221 g/mol. The summed E-state index contributed by atoms with van der Waals surface area (Å²) in [5.41, 5.74) is 3.20. The van der Waals surface area contributed by atoms with Crippen molar-refractivity contribution in [3.63, 3.8) is 0 Å². The highest BCUT2D eigenvalue weighted by atomic mass is 32.1. The van der Waals surface area contributed by atoms with E-state index in [1.165, 1.54) is 11.3 Å². The number of nitrogens with zero attached hydrogens (tertiary/aromatic N) is 2. The summed E-state index contributed by atoms with van der Waals surface area (Å²) < 4.78 is 1.97. The summed E-state index contributed by atoms with van der Waals surface area (Å²) in [5.74, 6) is -0.127. The first-order chi connectivity index (χ1) is 7.27. The minimum absolute atomic E-state index is 0.127. The van der Waals surface area contributed by atoms with E-state index in [-0.39, 0.29) is 5.91 Å². The lowest BCUT2D eigenvalue weighted by Crippen LogP contribution is -2.24. The van der Waals surface area contributed by atoms with Crippen LogP contribution in [0.2, 0.25) is 0 Å². The van der Waals surface area contributed by atoms with Crippen molar-refractivity contribution in [2.24, 2.45) is 7.05 Å². The van der Waals surface area contributed by atoms with Crippen LogP contribution in [0.4, 0.5) is 0 Å². The van der Waals surface area contributed by atoms with Crippen LogP contribution in [-0.4, -0.2) is 15.5 Å². The number of carbonyl (C=O) groups is 1. The number of hydrogen-bond acceptors (Lipinski definition) is 3. The van der Waals surface area contributed by atoms with Crippen molar-refractivity contribution in [3.8, 4) is 0 Å². The van der Waals surface area contributed by atoms with Gasteiger partial charge in [-0.1, -0.05) is 0 Å². The Morgan fingerprint density at radius 3 is 3.13 bits per heavy atom. The lowest BCUT2D eigenvalue weighted by atomic mass is 10.4. The second kappa shape index (κ2) is 4.27. The predicted octanol–water partition coefficient (Wildman–Crippen LogP) is 1.41. The molecule has 4 nitrogen and oxygen atoms in total. The van der Waals surface area contributed by atoms with Crippen LogP contribution in [0.25, 0.3) is 0 Å². The molecule has 0 saturated carbocycles. The van der Waals surface area contributed by atoms with E-state index in [1.807, 2.05) is 29.9 Å². The van der Waals surface area contributed by atoms with E-state index in [1.54, 1.807) is 10.9 Å². The summed E-state index contributed by atoms with van der Waals surface area (Å²) in [7, 11) is 1.95. The average molecular weight is 221 g/mol. The Morgan fingerprint density at radius 1 is 1.67 bits per heavy atom. The molecule has 2 rings (SSSR count). The fourth-order valence-electron chi connectivity index (χ4n) is 1.27. The molecule has 2 heterocycles. The fraction of sp³-hybridized carbons (Fsp3) is 0.200. The first-order valence-electron chi connectivity index (χ1n) is 4.54. The molecule has 0 bridgehead atoms. The zero-order valence-electron chi connectivity index (χ0n) is 8.30. The van der Waals surface area contributed by atoms with Crippen LogP contribution in [0.15, 0.2) is 29.2 Å². The van der Waals surface area contributed by atoms with Gasteiger partial charge in [0.15, 0.2) is 0 Å². The number of rotatable bonds is 3. The fourth-order valence-corrected chi connectivity index (χ4v) is 1.80. The molecule has 78 valence electrons. The second-order valence-corrected chi connectivity index (χ2v) is 3.89. The van der Waals surface area contributed by atoms with Gasteiger partial charge in [0.1, 0.15) is 5.69 Å². The van der Waals surface area contributed by atoms with E-state index in [0.717, 1.165) is 5.69 Å². The summed E-state index contributed by atoms with van der Waals surface area (Å²) >= 11 is 1.42. The molecular formula is C10H11N3OS. The van der Waals surface area contributed by atoms with Crippen molar-refractivity contribution in [2.75, 3.05) is 0 Å². The van der Waals surface area contributed by atoms with Crippen LogP contribution in [0.3, 0.4) is 0 Å². The minimum Gasteiger partial charge on any atom is -0.353 e. The van der Waals surface area contributed by atoms with Crippen LogP contribution in [0, 0.1) is 0 Å². The van der Waals surface area contributed by atoms with Gasteiger partial charge in [-0.05, 0) is 12.1 Å². The number of carbonyl (C=O) groups excluding carboxylic acids is 1. The molecule has 0 spiro atoms. The molecule has 0 radical (unpaired) electrons.